The van der Waals surface area contributed by atoms with Crippen LogP contribution in [0, 0.1) is 12.8 Å². The second-order valence-corrected chi connectivity index (χ2v) is 7.33. The standard InChI is InChI=1S/C13H17ClO4S/c1-8(2)10(4)18-13(15)12-7-11(19(14,16)17)6-5-9(12)3/h5-8,10H,1-4H3. The Balaban J connectivity index is 3.10. The molecule has 1 rings (SSSR count). The first-order valence-corrected chi connectivity index (χ1v) is 8.20. The third kappa shape index (κ3) is 4.21. The van der Waals surface area contributed by atoms with Crippen molar-refractivity contribution < 1.29 is 17.9 Å². The minimum Gasteiger partial charge on any atom is -0.459 e. The molecular weight excluding hydrogens is 288 g/mol. The van der Waals surface area contributed by atoms with Crippen molar-refractivity contribution in [3.8, 4) is 0 Å². The smallest absolute Gasteiger partial charge is 0.338 e. The monoisotopic (exact) mass is 304 g/mol. The molecule has 0 bridgehead atoms. The minimum atomic E-state index is -3.86. The molecule has 0 saturated carbocycles. The first-order valence-electron chi connectivity index (χ1n) is 5.89. The van der Waals surface area contributed by atoms with Crippen LogP contribution in [0.1, 0.15) is 36.7 Å². The molecule has 0 amide bonds. The van der Waals surface area contributed by atoms with E-state index in [1.165, 1.54) is 18.2 Å². The van der Waals surface area contributed by atoms with E-state index in [0.717, 1.165) is 0 Å². The Morgan fingerprint density at radius 1 is 1.26 bits per heavy atom. The Kier molecular flexibility index (Phi) is 4.98. The van der Waals surface area contributed by atoms with Crippen molar-refractivity contribution in [3.63, 3.8) is 0 Å². The Morgan fingerprint density at radius 2 is 1.84 bits per heavy atom. The zero-order chi connectivity index (χ0) is 14.8. The van der Waals surface area contributed by atoms with E-state index in [4.69, 9.17) is 15.4 Å². The van der Waals surface area contributed by atoms with Gasteiger partial charge in [-0.15, -0.1) is 0 Å². The number of esters is 1. The van der Waals surface area contributed by atoms with Crippen molar-refractivity contribution in [2.75, 3.05) is 0 Å². The number of rotatable bonds is 4. The van der Waals surface area contributed by atoms with Crippen molar-refractivity contribution >= 4 is 25.7 Å². The van der Waals surface area contributed by atoms with Gasteiger partial charge in [0.1, 0.15) is 6.10 Å². The molecule has 0 heterocycles. The maximum Gasteiger partial charge on any atom is 0.338 e. The zero-order valence-electron chi connectivity index (χ0n) is 11.3. The van der Waals surface area contributed by atoms with E-state index in [9.17, 15) is 13.2 Å². The highest BCUT2D eigenvalue weighted by atomic mass is 35.7. The second-order valence-electron chi connectivity index (χ2n) is 4.77. The average molecular weight is 305 g/mol. The van der Waals surface area contributed by atoms with Gasteiger partial charge in [0.2, 0.25) is 0 Å². The van der Waals surface area contributed by atoms with Crippen molar-refractivity contribution in [1.29, 1.82) is 0 Å². The molecule has 0 aromatic heterocycles. The number of carbonyl (C=O) groups excluding carboxylic acids is 1. The van der Waals surface area contributed by atoms with Crippen LogP contribution in [0.5, 0.6) is 0 Å². The molecule has 0 N–H and O–H groups in total. The number of hydrogen-bond acceptors (Lipinski definition) is 4. The highest BCUT2D eigenvalue weighted by Crippen LogP contribution is 2.20. The van der Waals surface area contributed by atoms with Gasteiger partial charge in [0.05, 0.1) is 10.5 Å². The van der Waals surface area contributed by atoms with Gasteiger partial charge in [-0.25, -0.2) is 13.2 Å². The molecule has 0 saturated heterocycles. The fourth-order valence-corrected chi connectivity index (χ4v) is 2.12. The SMILES string of the molecule is Cc1ccc(S(=O)(=O)Cl)cc1C(=O)OC(C)C(C)C. The van der Waals surface area contributed by atoms with Gasteiger partial charge in [0.25, 0.3) is 9.05 Å². The van der Waals surface area contributed by atoms with Crippen LogP contribution in [-0.2, 0) is 13.8 Å². The van der Waals surface area contributed by atoms with E-state index in [1.54, 1.807) is 13.8 Å². The lowest BCUT2D eigenvalue weighted by atomic mass is 10.1. The van der Waals surface area contributed by atoms with Gasteiger partial charge in [-0.2, -0.15) is 0 Å². The largest absolute Gasteiger partial charge is 0.459 e. The Morgan fingerprint density at radius 3 is 2.32 bits per heavy atom. The van der Waals surface area contributed by atoms with Crippen LogP contribution in [0.4, 0.5) is 0 Å². The third-order valence-electron chi connectivity index (χ3n) is 2.94. The first-order chi connectivity index (χ1) is 8.62. The maximum atomic E-state index is 12.0. The number of halogens is 1. The van der Waals surface area contributed by atoms with E-state index in [0.29, 0.717) is 5.56 Å². The molecule has 1 atom stereocenters. The van der Waals surface area contributed by atoms with E-state index in [1.807, 2.05) is 13.8 Å². The summed E-state index contributed by atoms with van der Waals surface area (Å²) in [6.45, 7) is 7.37. The van der Waals surface area contributed by atoms with Crippen molar-refractivity contribution in [2.24, 2.45) is 5.92 Å². The van der Waals surface area contributed by atoms with Gasteiger partial charge in [0, 0.05) is 10.7 Å². The minimum absolute atomic E-state index is 0.107. The summed E-state index contributed by atoms with van der Waals surface area (Å²) in [6, 6.07) is 4.14. The lowest BCUT2D eigenvalue weighted by molar-refractivity contribution is 0.0237. The highest BCUT2D eigenvalue weighted by molar-refractivity contribution is 8.13. The highest BCUT2D eigenvalue weighted by Gasteiger charge is 2.19. The van der Waals surface area contributed by atoms with Crippen LogP contribution in [0.2, 0.25) is 0 Å². The fourth-order valence-electron chi connectivity index (χ4n) is 1.34. The number of ether oxygens (including phenoxy) is 1. The molecule has 0 aliphatic carbocycles. The summed E-state index contributed by atoms with van der Waals surface area (Å²) in [6.07, 6.45) is -0.247. The number of aryl methyl sites for hydroxylation is 1. The average Bonchev–Trinajstić information content (AvgIpc) is 2.27. The molecule has 1 aromatic rings. The summed E-state index contributed by atoms with van der Waals surface area (Å²) in [4.78, 5) is 11.9. The third-order valence-corrected chi connectivity index (χ3v) is 4.29. The lowest BCUT2D eigenvalue weighted by Crippen LogP contribution is -2.21. The Hall–Kier alpha value is -1.07. The van der Waals surface area contributed by atoms with E-state index in [2.05, 4.69) is 0 Å². The van der Waals surface area contributed by atoms with Crippen molar-refractivity contribution in [3.05, 3.63) is 29.3 Å². The molecule has 0 spiro atoms. The molecule has 0 aliphatic rings. The molecule has 1 aromatic carbocycles. The van der Waals surface area contributed by atoms with Crippen LogP contribution in [0.25, 0.3) is 0 Å². The van der Waals surface area contributed by atoms with Crippen LogP contribution < -0.4 is 0 Å². The van der Waals surface area contributed by atoms with Crippen LogP contribution in [-0.4, -0.2) is 20.5 Å². The summed E-state index contributed by atoms with van der Waals surface area (Å²) >= 11 is 0. The van der Waals surface area contributed by atoms with Gasteiger partial charge in [-0.05, 0) is 37.5 Å². The Bertz CT molecular complexity index is 578. The maximum absolute atomic E-state index is 12.0. The molecule has 0 aliphatic heterocycles. The van der Waals surface area contributed by atoms with Gasteiger partial charge < -0.3 is 4.74 Å². The predicted octanol–water partition coefficient (Wildman–Crippen LogP) is 3.12. The second kappa shape index (κ2) is 5.92. The van der Waals surface area contributed by atoms with Crippen LogP contribution >= 0.6 is 10.7 Å². The first kappa shape index (κ1) is 16.0. The van der Waals surface area contributed by atoms with Gasteiger partial charge in [-0.1, -0.05) is 19.9 Å². The van der Waals surface area contributed by atoms with Gasteiger partial charge in [0.15, 0.2) is 0 Å². The molecule has 1 unspecified atom stereocenters. The van der Waals surface area contributed by atoms with Crippen LogP contribution in [0.15, 0.2) is 23.1 Å². The summed E-state index contributed by atoms with van der Waals surface area (Å²) in [7, 11) is 1.41. The van der Waals surface area contributed by atoms with Crippen molar-refractivity contribution in [2.45, 2.75) is 38.7 Å². The summed E-state index contributed by atoms with van der Waals surface area (Å²) in [5.41, 5.74) is 0.860. The van der Waals surface area contributed by atoms with E-state index >= 15 is 0 Å². The van der Waals surface area contributed by atoms with E-state index < -0.39 is 15.0 Å². The summed E-state index contributed by atoms with van der Waals surface area (Å²) < 4.78 is 27.8. The molecule has 106 valence electrons. The molecule has 0 fully saturated rings. The fraction of sp³-hybridized carbons (Fsp3) is 0.462. The van der Waals surface area contributed by atoms with Gasteiger partial charge in [-0.3, -0.25) is 0 Å². The normalized spacial score (nSPS) is 13.4. The summed E-state index contributed by atoms with van der Waals surface area (Å²) in [5, 5.41) is 0. The van der Waals surface area contributed by atoms with Gasteiger partial charge >= 0.3 is 5.97 Å². The van der Waals surface area contributed by atoms with Crippen LogP contribution in [0.3, 0.4) is 0 Å². The lowest BCUT2D eigenvalue weighted by Gasteiger charge is -2.17. The van der Waals surface area contributed by atoms with E-state index in [-0.39, 0.29) is 22.5 Å². The number of hydrogen-bond donors (Lipinski definition) is 0. The molecule has 6 heteroatoms. The Labute approximate surface area is 118 Å². The molecule has 0 radical (unpaired) electrons. The topological polar surface area (TPSA) is 60.4 Å². The number of carbonyl (C=O) groups is 1. The molecular formula is C13H17ClO4S. The quantitative estimate of drug-likeness (QED) is 0.633. The number of benzene rings is 1. The summed E-state index contributed by atoms with van der Waals surface area (Å²) in [5.74, 6) is -0.356. The predicted molar refractivity (Wildman–Crippen MR) is 73.9 cm³/mol. The molecule has 4 nitrogen and oxygen atoms in total. The zero-order valence-corrected chi connectivity index (χ0v) is 12.9. The molecule has 19 heavy (non-hydrogen) atoms. The van der Waals surface area contributed by atoms with Crippen molar-refractivity contribution in [1.82, 2.24) is 0 Å².